The number of hydrogen-bond donors (Lipinski definition) is 1. The van der Waals surface area contributed by atoms with Crippen molar-refractivity contribution in [1.82, 2.24) is 0 Å². The molecule has 1 atom stereocenters. The zero-order chi connectivity index (χ0) is 9.03. The lowest BCUT2D eigenvalue weighted by Gasteiger charge is -2.35. The third-order valence-electron chi connectivity index (χ3n) is 2.60. The highest BCUT2D eigenvalue weighted by atomic mass is 16.5. The molecule has 12 heavy (non-hydrogen) atoms. The summed E-state index contributed by atoms with van der Waals surface area (Å²) in [6.45, 7) is 5.77. The molecule has 1 fully saturated rings. The van der Waals surface area contributed by atoms with Crippen molar-refractivity contribution in [3.63, 3.8) is 0 Å². The number of aliphatic hydroxyl groups excluding tert-OH is 1. The molecule has 0 saturated carbocycles. The molecule has 72 valence electrons. The van der Waals surface area contributed by atoms with Gasteiger partial charge in [0.15, 0.2) is 0 Å². The number of ether oxygens (including phenoxy) is 1. The molecule has 1 aliphatic rings. The summed E-state index contributed by atoms with van der Waals surface area (Å²) in [5, 5.41) is 8.67. The Hall–Kier alpha value is -0.0800. The SMILES string of the molecule is CC1(C)CCOC(CCCO)C1. The second kappa shape index (κ2) is 4.24. The van der Waals surface area contributed by atoms with E-state index in [1.807, 2.05) is 0 Å². The smallest absolute Gasteiger partial charge is 0.0581 e. The molecule has 0 aliphatic carbocycles. The maximum atomic E-state index is 8.67. The predicted octanol–water partition coefficient (Wildman–Crippen LogP) is 1.96. The van der Waals surface area contributed by atoms with E-state index >= 15 is 0 Å². The highest BCUT2D eigenvalue weighted by Gasteiger charge is 2.27. The Morgan fingerprint density at radius 3 is 2.83 bits per heavy atom. The fourth-order valence-electron chi connectivity index (χ4n) is 1.78. The van der Waals surface area contributed by atoms with Crippen molar-refractivity contribution in [3.05, 3.63) is 0 Å². The van der Waals surface area contributed by atoms with Gasteiger partial charge in [0.05, 0.1) is 6.10 Å². The molecule has 0 radical (unpaired) electrons. The Bertz CT molecular complexity index is 132. The van der Waals surface area contributed by atoms with E-state index in [1.165, 1.54) is 6.42 Å². The van der Waals surface area contributed by atoms with Gasteiger partial charge in [-0.1, -0.05) is 13.8 Å². The van der Waals surface area contributed by atoms with E-state index in [-0.39, 0.29) is 0 Å². The summed E-state index contributed by atoms with van der Waals surface area (Å²) in [6.07, 6.45) is 4.59. The topological polar surface area (TPSA) is 29.5 Å². The van der Waals surface area contributed by atoms with Gasteiger partial charge in [-0.25, -0.2) is 0 Å². The average Bonchev–Trinajstić information content (AvgIpc) is 1.99. The van der Waals surface area contributed by atoms with Crippen molar-refractivity contribution in [2.24, 2.45) is 5.41 Å². The van der Waals surface area contributed by atoms with Crippen LogP contribution in [0.15, 0.2) is 0 Å². The molecule has 2 nitrogen and oxygen atoms in total. The van der Waals surface area contributed by atoms with Crippen LogP contribution in [0.2, 0.25) is 0 Å². The van der Waals surface area contributed by atoms with Gasteiger partial charge in [-0.2, -0.15) is 0 Å². The van der Waals surface area contributed by atoms with E-state index in [4.69, 9.17) is 9.84 Å². The minimum atomic E-state index is 0.292. The fraction of sp³-hybridized carbons (Fsp3) is 1.00. The Kier molecular flexibility index (Phi) is 3.53. The van der Waals surface area contributed by atoms with E-state index in [0.29, 0.717) is 18.1 Å². The fourth-order valence-corrected chi connectivity index (χ4v) is 1.78. The normalized spacial score (nSPS) is 28.8. The van der Waals surface area contributed by atoms with E-state index in [1.54, 1.807) is 0 Å². The van der Waals surface area contributed by atoms with Crippen molar-refractivity contribution < 1.29 is 9.84 Å². The lowest BCUT2D eigenvalue weighted by atomic mass is 9.81. The molecule has 0 bridgehead atoms. The predicted molar refractivity (Wildman–Crippen MR) is 49.1 cm³/mol. The van der Waals surface area contributed by atoms with Crippen LogP contribution in [0.5, 0.6) is 0 Å². The van der Waals surface area contributed by atoms with Gasteiger partial charge in [-0.05, 0) is 31.1 Å². The molecular weight excluding hydrogens is 152 g/mol. The van der Waals surface area contributed by atoms with E-state index in [2.05, 4.69) is 13.8 Å². The summed E-state index contributed by atoms with van der Waals surface area (Å²) in [5.41, 5.74) is 0.443. The Morgan fingerprint density at radius 2 is 2.25 bits per heavy atom. The van der Waals surface area contributed by atoms with Crippen LogP contribution in [0.1, 0.15) is 39.5 Å². The Balaban J connectivity index is 2.26. The molecule has 1 N–H and O–H groups in total. The lowest BCUT2D eigenvalue weighted by Crippen LogP contribution is -2.31. The van der Waals surface area contributed by atoms with Crippen LogP contribution in [-0.4, -0.2) is 24.4 Å². The van der Waals surface area contributed by atoms with Gasteiger partial charge in [-0.3, -0.25) is 0 Å². The third kappa shape index (κ3) is 3.11. The first kappa shape index (κ1) is 10.0. The second-order valence-electron chi connectivity index (χ2n) is 4.48. The zero-order valence-corrected chi connectivity index (χ0v) is 8.18. The summed E-state index contributed by atoms with van der Waals surface area (Å²) in [5.74, 6) is 0. The van der Waals surface area contributed by atoms with E-state index in [9.17, 15) is 0 Å². The van der Waals surface area contributed by atoms with Gasteiger partial charge in [0.1, 0.15) is 0 Å². The summed E-state index contributed by atoms with van der Waals surface area (Å²) in [4.78, 5) is 0. The Morgan fingerprint density at radius 1 is 1.50 bits per heavy atom. The summed E-state index contributed by atoms with van der Waals surface area (Å²) >= 11 is 0. The molecule has 0 aromatic heterocycles. The number of hydrogen-bond acceptors (Lipinski definition) is 2. The average molecular weight is 172 g/mol. The molecule has 1 saturated heterocycles. The lowest BCUT2D eigenvalue weighted by molar-refractivity contribution is -0.0415. The van der Waals surface area contributed by atoms with E-state index in [0.717, 1.165) is 25.9 Å². The van der Waals surface area contributed by atoms with Crippen molar-refractivity contribution in [1.29, 1.82) is 0 Å². The Labute approximate surface area is 74.9 Å². The minimum Gasteiger partial charge on any atom is -0.396 e. The van der Waals surface area contributed by atoms with Gasteiger partial charge in [0.25, 0.3) is 0 Å². The van der Waals surface area contributed by atoms with Crippen LogP contribution in [-0.2, 0) is 4.74 Å². The molecule has 1 unspecified atom stereocenters. The highest BCUT2D eigenvalue weighted by Crippen LogP contribution is 2.33. The maximum Gasteiger partial charge on any atom is 0.0581 e. The number of rotatable bonds is 3. The molecule has 0 amide bonds. The van der Waals surface area contributed by atoms with E-state index < -0.39 is 0 Å². The van der Waals surface area contributed by atoms with Crippen LogP contribution in [0, 0.1) is 5.41 Å². The zero-order valence-electron chi connectivity index (χ0n) is 8.18. The molecule has 0 spiro atoms. The van der Waals surface area contributed by atoms with Crippen molar-refractivity contribution in [2.45, 2.75) is 45.6 Å². The van der Waals surface area contributed by atoms with Crippen molar-refractivity contribution in [3.8, 4) is 0 Å². The van der Waals surface area contributed by atoms with Crippen LogP contribution in [0.4, 0.5) is 0 Å². The third-order valence-corrected chi connectivity index (χ3v) is 2.60. The van der Waals surface area contributed by atoms with Crippen LogP contribution >= 0.6 is 0 Å². The van der Waals surface area contributed by atoms with Crippen LogP contribution in [0.3, 0.4) is 0 Å². The highest BCUT2D eigenvalue weighted by molar-refractivity contribution is 4.78. The maximum absolute atomic E-state index is 8.67. The second-order valence-corrected chi connectivity index (χ2v) is 4.48. The van der Waals surface area contributed by atoms with Gasteiger partial charge in [0, 0.05) is 13.2 Å². The van der Waals surface area contributed by atoms with Gasteiger partial charge in [-0.15, -0.1) is 0 Å². The number of aliphatic hydroxyl groups is 1. The van der Waals surface area contributed by atoms with Crippen molar-refractivity contribution >= 4 is 0 Å². The first-order valence-corrected chi connectivity index (χ1v) is 4.86. The summed E-state index contributed by atoms with van der Waals surface area (Å²) < 4.78 is 5.60. The van der Waals surface area contributed by atoms with Gasteiger partial charge >= 0.3 is 0 Å². The van der Waals surface area contributed by atoms with Crippen LogP contribution < -0.4 is 0 Å². The molecule has 2 heteroatoms. The standard InChI is InChI=1S/C10H20O2/c1-10(2)5-7-12-9(8-10)4-3-6-11/h9,11H,3-8H2,1-2H3. The largest absolute Gasteiger partial charge is 0.396 e. The molecule has 0 aromatic rings. The first-order chi connectivity index (χ1) is 5.64. The summed E-state index contributed by atoms with van der Waals surface area (Å²) in [7, 11) is 0. The van der Waals surface area contributed by atoms with Crippen LogP contribution in [0.25, 0.3) is 0 Å². The molecular formula is C10H20O2. The molecule has 0 aromatic carbocycles. The monoisotopic (exact) mass is 172 g/mol. The van der Waals surface area contributed by atoms with Crippen molar-refractivity contribution in [2.75, 3.05) is 13.2 Å². The van der Waals surface area contributed by atoms with Gasteiger partial charge in [0.2, 0.25) is 0 Å². The summed E-state index contributed by atoms with van der Waals surface area (Å²) in [6, 6.07) is 0. The quantitative estimate of drug-likeness (QED) is 0.705. The van der Waals surface area contributed by atoms with Gasteiger partial charge < -0.3 is 9.84 Å². The molecule has 1 aliphatic heterocycles. The molecule has 1 rings (SSSR count). The first-order valence-electron chi connectivity index (χ1n) is 4.86. The molecule has 1 heterocycles. The minimum absolute atomic E-state index is 0.292.